The molecular weight excluding hydrogens is 355 g/mol. The van der Waals surface area contributed by atoms with Gasteiger partial charge in [-0.15, -0.1) is 24.0 Å². The van der Waals surface area contributed by atoms with Crippen molar-refractivity contribution in [2.75, 3.05) is 39.9 Å². The maximum atomic E-state index is 5.78. The minimum absolute atomic E-state index is 0. The van der Waals surface area contributed by atoms with Gasteiger partial charge in [0.05, 0.1) is 6.61 Å². The molecule has 1 saturated heterocycles. The van der Waals surface area contributed by atoms with Crippen LogP contribution in [0.4, 0.5) is 0 Å². The van der Waals surface area contributed by atoms with Crippen molar-refractivity contribution in [1.29, 1.82) is 0 Å². The van der Waals surface area contributed by atoms with Crippen molar-refractivity contribution >= 4 is 29.9 Å². The Morgan fingerprint density at radius 1 is 1.37 bits per heavy atom. The number of guanidine groups is 1. The number of hydrogen-bond acceptors (Lipinski definition) is 3. The molecule has 1 aliphatic rings. The van der Waals surface area contributed by atoms with Crippen molar-refractivity contribution < 1.29 is 4.74 Å². The first-order chi connectivity index (χ1) is 8.72. The van der Waals surface area contributed by atoms with Crippen LogP contribution in [0.1, 0.15) is 32.6 Å². The molecule has 114 valence electrons. The Labute approximate surface area is 134 Å². The summed E-state index contributed by atoms with van der Waals surface area (Å²) in [6.07, 6.45) is 5.06. The largest absolute Gasteiger partial charge is 0.383 e. The maximum Gasteiger partial charge on any atom is 0.188 e. The highest BCUT2D eigenvalue weighted by molar-refractivity contribution is 14.0. The van der Waals surface area contributed by atoms with E-state index < -0.39 is 0 Å². The monoisotopic (exact) mass is 384 g/mol. The zero-order valence-electron chi connectivity index (χ0n) is 12.2. The molecule has 6 heteroatoms. The van der Waals surface area contributed by atoms with Gasteiger partial charge in [0, 0.05) is 19.7 Å². The van der Waals surface area contributed by atoms with Crippen LogP contribution in [0, 0.1) is 0 Å². The molecule has 1 fully saturated rings. The summed E-state index contributed by atoms with van der Waals surface area (Å²) in [5.74, 6) is 0.528. The Balaban J connectivity index is 0.00000324. The highest BCUT2D eigenvalue weighted by atomic mass is 127. The van der Waals surface area contributed by atoms with E-state index in [0.717, 1.165) is 13.0 Å². The third-order valence-corrected chi connectivity index (χ3v) is 3.17. The molecular formula is C13H29IN4O. The summed E-state index contributed by atoms with van der Waals surface area (Å²) in [5, 5.41) is 3.11. The van der Waals surface area contributed by atoms with Crippen LogP contribution < -0.4 is 11.1 Å². The molecule has 1 atom stereocenters. The van der Waals surface area contributed by atoms with Gasteiger partial charge in [-0.25, -0.2) is 0 Å². The molecule has 1 unspecified atom stereocenters. The van der Waals surface area contributed by atoms with Crippen LogP contribution in [0.5, 0.6) is 0 Å². The standard InChI is InChI=1S/C13H28N4O.HI/c1-12(11-18-2)16-13(14)15-7-3-4-8-17-9-5-6-10-17;/h12H,3-11H2,1-2H3,(H3,14,15,16);1H. The molecule has 3 N–H and O–H groups in total. The number of nitrogens with two attached hydrogens (primary N) is 1. The zero-order chi connectivity index (χ0) is 13.2. The third-order valence-electron chi connectivity index (χ3n) is 3.17. The van der Waals surface area contributed by atoms with Gasteiger partial charge < -0.3 is 20.7 Å². The van der Waals surface area contributed by atoms with E-state index in [1.54, 1.807) is 7.11 Å². The Morgan fingerprint density at radius 3 is 2.68 bits per heavy atom. The van der Waals surface area contributed by atoms with Crippen LogP contribution in [-0.4, -0.2) is 56.8 Å². The fourth-order valence-corrected chi connectivity index (χ4v) is 2.24. The van der Waals surface area contributed by atoms with Crippen molar-refractivity contribution in [3.05, 3.63) is 0 Å². The van der Waals surface area contributed by atoms with Gasteiger partial charge in [0.1, 0.15) is 0 Å². The highest BCUT2D eigenvalue weighted by Gasteiger charge is 2.09. The molecule has 0 aliphatic carbocycles. The molecule has 0 bridgehead atoms. The van der Waals surface area contributed by atoms with E-state index in [1.165, 1.54) is 38.9 Å². The molecule has 1 heterocycles. The normalized spacial score (nSPS) is 18.1. The molecule has 19 heavy (non-hydrogen) atoms. The first-order valence-electron chi connectivity index (χ1n) is 7.00. The summed E-state index contributed by atoms with van der Waals surface area (Å²) >= 11 is 0. The van der Waals surface area contributed by atoms with Crippen molar-refractivity contribution in [2.24, 2.45) is 10.7 Å². The van der Waals surface area contributed by atoms with E-state index in [1.807, 2.05) is 6.92 Å². The number of nitrogens with zero attached hydrogens (tertiary/aromatic N) is 2. The second-order valence-corrected chi connectivity index (χ2v) is 5.02. The van der Waals surface area contributed by atoms with E-state index >= 15 is 0 Å². The first kappa shape index (κ1) is 18.9. The zero-order valence-corrected chi connectivity index (χ0v) is 14.6. The lowest BCUT2D eigenvalue weighted by atomic mass is 10.3. The topological polar surface area (TPSA) is 62.9 Å². The van der Waals surface area contributed by atoms with Crippen LogP contribution in [0.25, 0.3) is 0 Å². The lowest BCUT2D eigenvalue weighted by molar-refractivity contribution is 0.179. The summed E-state index contributed by atoms with van der Waals surface area (Å²) < 4.78 is 5.03. The van der Waals surface area contributed by atoms with Crippen LogP contribution in [-0.2, 0) is 4.74 Å². The highest BCUT2D eigenvalue weighted by Crippen LogP contribution is 2.08. The summed E-state index contributed by atoms with van der Waals surface area (Å²) in [4.78, 5) is 6.85. The second kappa shape index (κ2) is 11.7. The molecule has 0 amide bonds. The fraction of sp³-hybridized carbons (Fsp3) is 0.923. The van der Waals surface area contributed by atoms with Gasteiger partial charge in [0.2, 0.25) is 0 Å². The van der Waals surface area contributed by atoms with Crippen molar-refractivity contribution in [3.63, 3.8) is 0 Å². The maximum absolute atomic E-state index is 5.78. The number of aliphatic imine (C=N–C) groups is 1. The van der Waals surface area contributed by atoms with Crippen LogP contribution in [0.2, 0.25) is 0 Å². The molecule has 0 saturated carbocycles. The SMILES string of the molecule is COCC(C)NC(N)=NCCCCN1CCCC1.I. The predicted octanol–water partition coefficient (Wildman–Crippen LogP) is 1.42. The Kier molecular flexibility index (Phi) is 11.7. The van der Waals surface area contributed by atoms with Crippen LogP contribution in [0.3, 0.4) is 0 Å². The molecule has 0 spiro atoms. The number of nitrogens with one attached hydrogen (secondary N) is 1. The minimum Gasteiger partial charge on any atom is -0.383 e. The molecule has 0 radical (unpaired) electrons. The number of halogens is 1. The molecule has 1 aliphatic heterocycles. The molecule has 1 rings (SSSR count). The van der Waals surface area contributed by atoms with E-state index in [9.17, 15) is 0 Å². The van der Waals surface area contributed by atoms with Gasteiger partial charge in [0.25, 0.3) is 0 Å². The van der Waals surface area contributed by atoms with Gasteiger partial charge in [-0.3, -0.25) is 4.99 Å². The smallest absolute Gasteiger partial charge is 0.188 e. The number of unbranched alkanes of at least 4 members (excludes halogenated alkanes) is 1. The summed E-state index contributed by atoms with van der Waals surface area (Å²) in [6, 6.07) is 0.211. The lowest BCUT2D eigenvalue weighted by Crippen LogP contribution is -2.40. The number of likely N-dealkylation sites (tertiary alicyclic amines) is 1. The van der Waals surface area contributed by atoms with Gasteiger partial charge in [-0.2, -0.15) is 0 Å². The number of methoxy groups -OCH3 is 1. The van der Waals surface area contributed by atoms with E-state index in [0.29, 0.717) is 12.6 Å². The van der Waals surface area contributed by atoms with Crippen molar-refractivity contribution in [2.45, 2.75) is 38.6 Å². The summed E-state index contributed by atoms with van der Waals surface area (Å²) in [6.45, 7) is 7.25. The molecule has 0 aromatic rings. The Bertz CT molecular complexity index is 245. The summed E-state index contributed by atoms with van der Waals surface area (Å²) in [7, 11) is 1.68. The fourth-order valence-electron chi connectivity index (χ4n) is 2.24. The van der Waals surface area contributed by atoms with Crippen molar-refractivity contribution in [3.8, 4) is 0 Å². The van der Waals surface area contributed by atoms with E-state index in [-0.39, 0.29) is 30.0 Å². The predicted molar refractivity (Wildman–Crippen MR) is 91.3 cm³/mol. The van der Waals surface area contributed by atoms with Gasteiger partial charge in [0.15, 0.2) is 5.96 Å². The average molecular weight is 384 g/mol. The quantitative estimate of drug-likeness (QED) is 0.288. The van der Waals surface area contributed by atoms with Crippen LogP contribution in [0.15, 0.2) is 4.99 Å². The van der Waals surface area contributed by atoms with Gasteiger partial charge >= 0.3 is 0 Å². The van der Waals surface area contributed by atoms with E-state index in [4.69, 9.17) is 10.5 Å². The Hall–Kier alpha value is -0.0800. The van der Waals surface area contributed by atoms with E-state index in [2.05, 4.69) is 15.2 Å². The third kappa shape index (κ3) is 9.45. The lowest BCUT2D eigenvalue weighted by Gasteiger charge is -2.14. The second-order valence-electron chi connectivity index (χ2n) is 5.02. The minimum atomic E-state index is 0. The van der Waals surface area contributed by atoms with Gasteiger partial charge in [-0.1, -0.05) is 0 Å². The molecule has 0 aromatic carbocycles. The molecule has 0 aromatic heterocycles. The first-order valence-corrected chi connectivity index (χ1v) is 7.00. The van der Waals surface area contributed by atoms with Gasteiger partial charge in [-0.05, 0) is 52.2 Å². The number of hydrogen-bond donors (Lipinski definition) is 2. The Morgan fingerprint density at radius 2 is 2.05 bits per heavy atom. The van der Waals surface area contributed by atoms with Crippen molar-refractivity contribution in [1.82, 2.24) is 10.2 Å². The summed E-state index contributed by atoms with van der Waals surface area (Å²) in [5.41, 5.74) is 5.78. The van der Waals surface area contributed by atoms with Crippen LogP contribution >= 0.6 is 24.0 Å². The molecule has 5 nitrogen and oxygen atoms in total. The average Bonchev–Trinajstić information content (AvgIpc) is 2.81. The number of ether oxygens (including phenoxy) is 1. The number of rotatable bonds is 8.